The molecule has 1 saturated heterocycles. The minimum Gasteiger partial charge on any atom is -0.481 e. The highest BCUT2D eigenvalue weighted by Crippen LogP contribution is 2.44. The van der Waals surface area contributed by atoms with Gasteiger partial charge >= 0.3 is 18.0 Å². The van der Waals surface area contributed by atoms with Gasteiger partial charge in [-0.25, -0.2) is 14.5 Å². The van der Waals surface area contributed by atoms with E-state index < -0.39 is 35.5 Å². The molecule has 242 valence electrons. The van der Waals surface area contributed by atoms with E-state index in [1.807, 2.05) is 58.0 Å². The smallest absolute Gasteiger partial charge is 0.328 e. The third kappa shape index (κ3) is 8.20. The number of rotatable bonds is 13. The highest BCUT2D eigenvalue weighted by Gasteiger charge is 2.60. The molecule has 6 amide bonds. The first kappa shape index (κ1) is 33.5. The largest absolute Gasteiger partial charge is 0.481 e. The second kappa shape index (κ2) is 14.6. The Kier molecular flexibility index (Phi) is 10.8. The van der Waals surface area contributed by atoms with Gasteiger partial charge < -0.3 is 26.0 Å². The van der Waals surface area contributed by atoms with Crippen molar-refractivity contribution < 1.29 is 29.1 Å². The first-order chi connectivity index (χ1) is 21.4. The van der Waals surface area contributed by atoms with Gasteiger partial charge in [0.15, 0.2) is 0 Å². The van der Waals surface area contributed by atoms with Crippen molar-refractivity contribution in [1.82, 2.24) is 15.1 Å². The van der Waals surface area contributed by atoms with Crippen LogP contribution < -0.4 is 16.0 Å². The molecule has 1 aliphatic heterocycles. The zero-order chi connectivity index (χ0) is 32.7. The van der Waals surface area contributed by atoms with E-state index in [4.69, 9.17) is 0 Å². The number of benzene rings is 2. The molecule has 2 aromatic rings. The lowest BCUT2D eigenvalue weighted by molar-refractivity contribution is -0.141. The summed E-state index contributed by atoms with van der Waals surface area (Å²) >= 11 is 0. The number of carboxylic acid groups (broad SMARTS) is 1. The molecule has 2 fully saturated rings. The Balaban J connectivity index is 1.53. The van der Waals surface area contributed by atoms with E-state index in [9.17, 15) is 29.1 Å². The molecule has 2 aliphatic rings. The summed E-state index contributed by atoms with van der Waals surface area (Å²) in [5, 5.41) is 17.8. The summed E-state index contributed by atoms with van der Waals surface area (Å²) in [6.07, 6.45) is 3.09. The van der Waals surface area contributed by atoms with Crippen molar-refractivity contribution in [2.24, 2.45) is 11.8 Å². The van der Waals surface area contributed by atoms with Crippen molar-refractivity contribution in [3.8, 4) is 0 Å². The Morgan fingerprint density at radius 3 is 1.98 bits per heavy atom. The number of nitrogens with zero attached hydrogens (tertiary/aromatic N) is 2. The van der Waals surface area contributed by atoms with Crippen LogP contribution in [0, 0.1) is 11.8 Å². The predicted octanol–water partition coefficient (Wildman–Crippen LogP) is 5.83. The van der Waals surface area contributed by atoms with E-state index in [1.54, 1.807) is 29.2 Å². The monoisotopic (exact) mass is 619 g/mol. The Hall–Kier alpha value is -4.41. The molecule has 0 bridgehead atoms. The molecule has 0 radical (unpaired) electrons. The standard InChI is InChI=1S/C34H45N5O6/c1-22(2)18-27(20-29(40)41)35-30(42)28(19-23(3)4)39-31(43)34(16-8-9-17-34)38(33(39)45)21-24-12-14-26(15-13-24)37-32(44)36-25-10-6-5-7-11-25/h5-7,10-15,22-23,27-28H,8-9,16-21H2,1-4H3,(H,35,42)(H,40,41)(H2,36,37,44)/t27-,28+/m1/s1. The van der Waals surface area contributed by atoms with Crippen molar-refractivity contribution in [2.45, 2.75) is 96.8 Å². The summed E-state index contributed by atoms with van der Waals surface area (Å²) in [4.78, 5) is 68.7. The number of aliphatic carboxylic acids is 1. The van der Waals surface area contributed by atoms with Crippen LogP contribution in [0.4, 0.5) is 21.0 Å². The lowest BCUT2D eigenvalue weighted by Gasteiger charge is -2.31. The van der Waals surface area contributed by atoms with Crippen molar-refractivity contribution in [3.63, 3.8) is 0 Å². The van der Waals surface area contributed by atoms with Crippen LogP contribution in [-0.2, 0) is 20.9 Å². The van der Waals surface area contributed by atoms with E-state index in [1.165, 1.54) is 0 Å². The number of carbonyl (C=O) groups is 5. The molecule has 45 heavy (non-hydrogen) atoms. The van der Waals surface area contributed by atoms with Gasteiger partial charge in [-0.3, -0.25) is 14.4 Å². The average Bonchev–Trinajstić information content (AvgIpc) is 3.53. The molecule has 4 N–H and O–H groups in total. The summed E-state index contributed by atoms with van der Waals surface area (Å²) in [5.74, 6) is -1.75. The van der Waals surface area contributed by atoms with Gasteiger partial charge in [0, 0.05) is 24.0 Å². The molecule has 1 spiro atoms. The van der Waals surface area contributed by atoms with Crippen LogP contribution >= 0.6 is 0 Å². The number of anilines is 2. The molecule has 0 unspecified atom stereocenters. The molecule has 2 atom stereocenters. The number of nitrogens with one attached hydrogen (secondary N) is 3. The fraction of sp³-hybridized carbons (Fsp3) is 0.500. The minimum absolute atomic E-state index is 0.00270. The second-order valence-electron chi connectivity index (χ2n) is 13.0. The van der Waals surface area contributed by atoms with Gasteiger partial charge in [0.1, 0.15) is 11.6 Å². The fourth-order valence-electron chi connectivity index (χ4n) is 6.41. The lowest BCUT2D eigenvalue weighted by atomic mass is 9.93. The van der Waals surface area contributed by atoms with E-state index in [0.717, 1.165) is 23.3 Å². The van der Waals surface area contributed by atoms with E-state index in [-0.39, 0.29) is 43.2 Å². The molecule has 11 heteroatoms. The zero-order valence-corrected chi connectivity index (χ0v) is 26.5. The summed E-state index contributed by atoms with van der Waals surface area (Å²) in [7, 11) is 0. The first-order valence-electron chi connectivity index (χ1n) is 15.8. The Morgan fingerprint density at radius 2 is 1.42 bits per heavy atom. The second-order valence-corrected chi connectivity index (χ2v) is 13.0. The van der Waals surface area contributed by atoms with E-state index in [0.29, 0.717) is 30.6 Å². The number of carbonyl (C=O) groups excluding carboxylic acids is 4. The highest BCUT2D eigenvalue weighted by molar-refractivity contribution is 6.10. The number of carboxylic acids is 1. The van der Waals surface area contributed by atoms with Crippen molar-refractivity contribution in [3.05, 3.63) is 60.2 Å². The van der Waals surface area contributed by atoms with Crippen LogP contribution in [-0.4, -0.2) is 62.4 Å². The number of amides is 6. The Morgan fingerprint density at radius 1 is 0.844 bits per heavy atom. The molecule has 1 aliphatic carbocycles. The van der Waals surface area contributed by atoms with Crippen LogP contribution in [0.1, 0.15) is 78.2 Å². The van der Waals surface area contributed by atoms with Crippen LogP contribution in [0.5, 0.6) is 0 Å². The highest BCUT2D eigenvalue weighted by atomic mass is 16.4. The SMILES string of the molecule is CC(C)C[C@H](CC(=O)O)NC(=O)[C@H](CC(C)C)N1C(=O)N(Cc2ccc(NC(=O)Nc3ccccc3)cc2)C2(CCCC2)C1=O. The van der Waals surface area contributed by atoms with Gasteiger partial charge in [-0.15, -0.1) is 0 Å². The van der Waals surface area contributed by atoms with E-state index in [2.05, 4.69) is 16.0 Å². The van der Waals surface area contributed by atoms with Gasteiger partial charge in [-0.1, -0.05) is 70.9 Å². The topological polar surface area (TPSA) is 148 Å². The molecule has 2 aromatic carbocycles. The summed E-state index contributed by atoms with van der Waals surface area (Å²) in [6, 6.07) is 13.6. The van der Waals surface area contributed by atoms with Crippen LogP contribution in [0.3, 0.4) is 0 Å². The van der Waals surface area contributed by atoms with Gasteiger partial charge in [-0.2, -0.15) is 0 Å². The third-order valence-corrected chi connectivity index (χ3v) is 8.42. The van der Waals surface area contributed by atoms with Crippen LogP contribution in [0.15, 0.2) is 54.6 Å². The van der Waals surface area contributed by atoms with Crippen molar-refractivity contribution in [1.29, 1.82) is 0 Å². The minimum atomic E-state index is -1.05. The molecule has 1 heterocycles. The number of urea groups is 2. The quantitative estimate of drug-likeness (QED) is 0.208. The molecular weight excluding hydrogens is 574 g/mol. The Labute approximate surface area is 264 Å². The maximum Gasteiger partial charge on any atom is 0.328 e. The normalized spacial score (nSPS) is 17.2. The van der Waals surface area contributed by atoms with Crippen molar-refractivity contribution >= 4 is 41.2 Å². The summed E-state index contributed by atoms with van der Waals surface area (Å²) in [5.41, 5.74) is 0.982. The van der Waals surface area contributed by atoms with Gasteiger partial charge in [0.25, 0.3) is 5.91 Å². The summed E-state index contributed by atoms with van der Waals surface area (Å²) in [6.45, 7) is 7.91. The van der Waals surface area contributed by atoms with Crippen LogP contribution in [0.25, 0.3) is 0 Å². The predicted molar refractivity (Wildman–Crippen MR) is 171 cm³/mol. The summed E-state index contributed by atoms with van der Waals surface area (Å²) < 4.78 is 0. The third-order valence-electron chi connectivity index (χ3n) is 8.42. The van der Waals surface area contributed by atoms with Crippen LogP contribution in [0.2, 0.25) is 0 Å². The fourth-order valence-corrected chi connectivity index (χ4v) is 6.41. The average molecular weight is 620 g/mol. The van der Waals surface area contributed by atoms with E-state index >= 15 is 0 Å². The van der Waals surface area contributed by atoms with Crippen molar-refractivity contribution in [2.75, 3.05) is 10.6 Å². The number of hydrogen-bond donors (Lipinski definition) is 4. The number of imide groups is 1. The number of hydrogen-bond acceptors (Lipinski definition) is 5. The molecule has 11 nitrogen and oxygen atoms in total. The zero-order valence-electron chi connectivity index (χ0n) is 26.5. The number of para-hydroxylation sites is 1. The lowest BCUT2D eigenvalue weighted by Crippen LogP contribution is -2.54. The van der Waals surface area contributed by atoms with Gasteiger partial charge in [0.2, 0.25) is 5.91 Å². The molecule has 1 saturated carbocycles. The van der Waals surface area contributed by atoms with Gasteiger partial charge in [0.05, 0.1) is 6.42 Å². The maximum atomic E-state index is 14.2. The van der Waals surface area contributed by atoms with Gasteiger partial charge in [-0.05, 0) is 67.3 Å². The first-order valence-corrected chi connectivity index (χ1v) is 15.8. The molecule has 4 rings (SSSR count). The Bertz CT molecular complexity index is 1370. The molecule has 0 aromatic heterocycles. The maximum absolute atomic E-state index is 14.2. The molecular formula is C34H45N5O6.